The lowest BCUT2D eigenvalue weighted by atomic mass is 10.00. The molecule has 5 nitrogen and oxygen atoms in total. The predicted molar refractivity (Wildman–Crippen MR) is 52.5 cm³/mol. The van der Waals surface area contributed by atoms with Crippen molar-refractivity contribution >= 4 is 17.2 Å². The van der Waals surface area contributed by atoms with Crippen LogP contribution in [0.3, 0.4) is 0 Å². The second-order valence-electron chi connectivity index (χ2n) is 3.23. The molecular weight excluding hydrogens is 241 g/mol. The number of hydrogen-bond donors (Lipinski definition) is 1. The molecule has 1 rings (SSSR count). The quantitative estimate of drug-likeness (QED) is 0.377. The smallest absolute Gasteiger partial charge is 0.398 e. The Balaban J connectivity index is 3.73. The summed E-state index contributed by atoms with van der Waals surface area (Å²) in [5.74, 6) is -1.06. The minimum absolute atomic E-state index is 0.715. The standard InChI is InChI=1S/C9H7F3N2O3/c1-4(15)7-6(14(16)17)3-2-5(13)8(7)9(10,11)12/h2-3H,13H2,1H3. The van der Waals surface area contributed by atoms with Gasteiger partial charge in [-0.25, -0.2) is 0 Å². The van der Waals surface area contributed by atoms with E-state index in [9.17, 15) is 28.1 Å². The van der Waals surface area contributed by atoms with Crippen molar-refractivity contribution in [2.75, 3.05) is 5.73 Å². The van der Waals surface area contributed by atoms with Gasteiger partial charge in [0.05, 0.1) is 10.5 Å². The van der Waals surface area contributed by atoms with Crippen molar-refractivity contribution in [3.8, 4) is 0 Å². The van der Waals surface area contributed by atoms with Crippen LogP contribution in [0.1, 0.15) is 22.8 Å². The zero-order valence-electron chi connectivity index (χ0n) is 8.54. The van der Waals surface area contributed by atoms with Crippen molar-refractivity contribution in [2.45, 2.75) is 13.1 Å². The van der Waals surface area contributed by atoms with Gasteiger partial charge in [-0.05, 0) is 13.0 Å². The molecule has 0 fully saturated rings. The molecule has 0 bridgehead atoms. The topological polar surface area (TPSA) is 86.2 Å². The molecule has 0 unspecified atom stereocenters. The second kappa shape index (κ2) is 4.04. The van der Waals surface area contributed by atoms with Gasteiger partial charge in [-0.15, -0.1) is 0 Å². The highest BCUT2D eigenvalue weighted by molar-refractivity contribution is 6.01. The summed E-state index contributed by atoms with van der Waals surface area (Å²) in [5.41, 5.74) is 1.03. The molecule has 8 heteroatoms. The average molecular weight is 248 g/mol. The Morgan fingerprint density at radius 3 is 2.29 bits per heavy atom. The highest BCUT2D eigenvalue weighted by Gasteiger charge is 2.40. The van der Waals surface area contributed by atoms with Crippen molar-refractivity contribution < 1.29 is 22.9 Å². The lowest BCUT2D eigenvalue weighted by Crippen LogP contribution is -2.16. The third-order valence-corrected chi connectivity index (χ3v) is 2.05. The summed E-state index contributed by atoms with van der Waals surface area (Å²) in [6.45, 7) is 0.816. The molecule has 1 aromatic carbocycles. The lowest BCUT2D eigenvalue weighted by Gasteiger charge is -2.13. The van der Waals surface area contributed by atoms with Crippen LogP contribution in [-0.4, -0.2) is 10.7 Å². The Labute approximate surface area is 93.2 Å². The SMILES string of the molecule is CC(=O)c1c([N+](=O)[O-])ccc(N)c1C(F)(F)F. The molecule has 0 radical (unpaired) electrons. The fourth-order valence-corrected chi connectivity index (χ4v) is 1.42. The third kappa shape index (κ3) is 2.35. The first-order valence-electron chi connectivity index (χ1n) is 4.31. The van der Waals surface area contributed by atoms with Crippen LogP contribution in [-0.2, 0) is 6.18 Å². The van der Waals surface area contributed by atoms with Gasteiger partial charge in [0.15, 0.2) is 5.78 Å². The van der Waals surface area contributed by atoms with Gasteiger partial charge in [-0.1, -0.05) is 0 Å². The molecule has 0 atom stereocenters. The zero-order valence-corrected chi connectivity index (χ0v) is 8.54. The number of nitro benzene ring substituents is 1. The number of hydrogen-bond acceptors (Lipinski definition) is 4. The molecular formula is C9H7F3N2O3. The molecule has 1 aromatic rings. The molecule has 0 saturated carbocycles. The Morgan fingerprint density at radius 2 is 1.94 bits per heavy atom. The van der Waals surface area contributed by atoms with E-state index in [0.717, 1.165) is 19.1 Å². The minimum atomic E-state index is -4.92. The maximum atomic E-state index is 12.7. The van der Waals surface area contributed by atoms with Crippen molar-refractivity contribution in [3.63, 3.8) is 0 Å². The predicted octanol–water partition coefficient (Wildman–Crippen LogP) is 2.40. The number of nitro groups is 1. The van der Waals surface area contributed by atoms with Gasteiger partial charge in [0.2, 0.25) is 0 Å². The van der Waals surface area contributed by atoms with Crippen LogP contribution in [0.2, 0.25) is 0 Å². The Hall–Kier alpha value is -2.12. The van der Waals surface area contributed by atoms with Crippen LogP contribution in [0.25, 0.3) is 0 Å². The highest BCUT2D eigenvalue weighted by Crippen LogP contribution is 2.39. The molecule has 0 aliphatic rings. The third-order valence-electron chi connectivity index (χ3n) is 2.05. The number of nitrogens with two attached hydrogens (primary N) is 1. The molecule has 0 amide bonds. The first-order chi connectivity index (χ1) is 7.66. The van der Waals surface area contributed by atoms with Crippen LogP contribution in [0, 0.1) is 10.1 Å². The van der Waals surface area contributed by atoms with E-state index >= 15 is 0 Å². The molecule has 0 heterocycles. The number of nitrogen functional groups attached to an aromatic ring is 1. The molecule has 0 saturated heterocycles. The summed E-state index contributed by atoms with van der Waals surface area (Å²) in [4.78, 5) is 20.6. The summed E-state index contributed by atoms with van der Waals surface area (Å²) >= 11 is 0. The maximum Gasteiger partial charge on any atom is 0.419 e. The molecule has 92 valence electrons. The van der Waals surface area contributed by atoms with Gasteiger partial charge in [0, 0.05) is 11.8 Å². The Morgan fingerprint density at radius 1 is 1.41 bits per heavy atom. The number of alkyl halides is 3. The van der Waals surface area contributed by atoms with Crippen molar-refractivity contribution in [1.82, 2.24) is 0 Å². The van der Waals surface area contributed by atoms with Gasteiger partial charge in [0.1, 0.15) is 5.56 Å². The molecule has 0 spiro atoms. The number of nitrogens with zero attached hydrogens (tertiary/aromatic N) is 1. The number of carbonyl (C=O) groups excluding carboxylic acids is 1. The highest BCUT2D eigenvalue weighted by atomic mass is 19.4. The number of benzene rings is 1. The average Bonchev–Trinajstić information content (AvgIpc) is 2.14. The van der Waals surface area contributed by atoms with E-state index in [1.54, 1.807) is 0 Å². The fourth-order valence-electron chi connectivity index (χ4n) is 1.42. The molecule has 2 N–H and O–H groups in total. The van der Waals surface area contributed by atoms with Gasteiger partial charge in [-0.2, -0.15) is 13.2 Å². The first kappa shape index (κ1) is 12.9. The van der Waals surface area contributed by atoms with Gasteiger partial charge in [-0.3, -0.25) is 14.9 Å². The summed E-state index contributed by atoms with van der Waals surface area (Å²) in [5, 5.41) is 10.6. The van der Waals surface area contributed by atoms with Gasteiger partial charge >= 0.3 is 6.18 Å². The van der Waals surface area contributed by atoms with E-state index < -0.39 is 39.4 Å². The van der Waals surface area contributed by atoms with Crippen LogP contribution in [0.15, 0.2) is 12.1 Å². The van der Waals surface area contributed by atoms with Crippen LogP contribution in [0.5, 0.6) is 0 Å². The number of rotatable bonds is 2. The van der Waals surface area contributed by atoms with Crippen molar-refractivity contribution in [1.29, 1.82) is 0 Å². The van der Waals surface area contributed by atoms with E-state index in [-0.39, 0.29) is 0 Å². The Bertz CT molecular complexity index is 497. The van der Waals surface area contributed by atoms with E-state index in [0.29, 0.717) is 0 Å². The van der Waals surface area contributed by atoms with E-state index in [1.807, 2.05) is 0 Å². The summed E-state index contributed by atoms with van der Waals surface area (Å²) in [6.07, 6.45) is -4.92. The minimum Gasteiger partial charge on any atom is -0.398 e. The molecule has 0 aliphatic heterocycles. The normalized spacial score (nSPS) is 11.3. The van der Waals surface area contributed by atoms with Crippen LogP contribution in [0.4, 0.5) is 24.5 Å². The number of carbonyl (C=O) groups is 1. The summed E-state index contributed by atoms with van der Waals surface area (Å²) in [6, 6.07) is 1.54. The van der Waals surface area contributed by atoms with Gasteiger partial charge in [0.25, 0.3) is 5.69 Å². The summed E-state index contributed by atoms with van der Waals surface area (Å²) in [7, 11) is 0. The monoisotopic (exact) mass is 248 g/mol. The lowest BCUT2D eigenvalue weighted by molar-refractivity contribution is -0.385. The number of Topliss-reactive ketones (excluding diaryl/α,β-unsaturated/α-hetero) is 1. The number of anilines is 1. The maximum absolute atomic E-state index is 12.7. The van der Waals surface area contributed by atoms with E-state index in [4.69, 9.17) is 5.73 Å². The zero-order chi connectivity index (χ0) is 13.4. The second-order valence-corrected chi connectivity index (χ2v) is 3.23. The number of halogens is 3. The summed E-state index contributed by atoms with van der Waals surface area (Å²) < 4.78 is 38.0. The first-order valence-corrected chi connectivity index (χ1v) is 4.31. The molecule has 0 aliphatic carbocycles. The van der Waals surface area contributed by atoms with Crippen molar-refractivity contribution in [2.24, 2.45) is 0 Å². The number of ketones is 1. The largest absolute Gasteiger partial charge is 0.419 e. The van der Waals surface area contributed by atoms with E-state index in [1.165, 1.54) is 0 Å². The fraction of sp³-hybridized carbons (Fsp3) is 0.222. The molecule has 0 aromatic heterocycles. The molecule has 17 heavy (non-hydrogen) atoms. The Kier molecular flexibility index (Phi) is 3.08. The van der Waals surface area contributed by atoms with Crippen molar-refractivity contribution in [3.05, 3.63) is 33.4 Å². The van der Waals surface area contributed by atoms with Crippen LogP contribution < -0.4 is 5.73 Å². The van der Waals surface area contributed by atoms with E-state index in [2.05, 4.69) is 0 Å². The van der Waals surface area contributed by atoms with Gasteiger partial charge < -0.3 is 5.73 Å². The van der Waals surface area contributed by atoms with Crippen LogP contribution >= 0.6 is 0 Å².